The molecule has 0 atom stereocenters. The Morgan fingerprint density at radius 2 is 1.96 bits per heavy atom. The highest BCUT2D eigenvalue weighted by Gasteiger charge is 2.15. The standard InChI is InChI=1S/C17H17ClN4O3/c1-4-22-14-6-5-10(7-12(14)20-21-22)17(23)19-13-8-11(18)15(24-2)9-16(13)25-3/h5-9H,4H2,1-3H3,(H,19,23). The smallest absolute Gasteiger partial charge is 0.255 e. The number of anilines is 1. The van der Waals surface area contributed by atoms with E-state index in [9.17, 15) is 4.79 Å². The molecule has 0 unspecified atom stereocenters. The summed E-state index contributed by atoms with van der Waals surface area (Å²) in [4.78, 5) is 12.6. The highest BCUT2D eigenvalue weighted by atomic mass is 35.5. The number of rotatable bonds is 5. The van der Waals surface area contributed by atoms with Crippen molar-refractivity contribution in [3.63, 3.8) is 0 Å². The Morgan fingerprint density at radius 3 is 2.64 bits per heavy atom. The number of benzene rings is 2. The minimum atomic E-state index is -0.299. The van der Waals surface area contributed by atoms with E-state index in [-0.39, 0.29) is 5.91 Å². The zero-order valence-corrected chi connectivity index (χ0v) is 14.8. The van der Waals surface area contributed by atoms with Gasteiger partial charge in [-0.2, -0.15) is 0 Å². The van der Waals surface area contributed by atoms with Crippen molar-refractivity contribution in [3.05, 3.63) is 40.9 Å². The number of nitrogens with one attached hydrogen (secondary N) is 1. The van der Waals surface area contributed by atoms with Crippen molar-refractivity contribution < 1.29 is 14.3 Å². The molecule has 0 aliphatic rings. The SMILES string of the molecule is CCn1nnc2cc(C(=O)Nc3cc(Cl)c(OC)cc3OC)ccc21. The summed E-state index contributed by atoms with van der Waals surface area (Å²) in [7, 11) is 3.02. The molecule has 1 heterocycles. The minimum Gasteiger partial charge on any atom is -0.495 e. The number of fused-ring (bicyclic) bond motifs is 1. The Labute approximate surface area is 149 Å². The Hall–Kier alpha value is -2.80. The van der Waals surface area contributed by atoms with Gasteiger partial charge in [0.2, 0.25) is 0 Å². The van der Waals surface area contributed by atoms with Crippen LogP contribution in [0.5, 0.6) is 11.5 Å². The van der Waals surface area contributed by atoms with Crippen molar-refractivity contribution >= 4 is 34.2 Å². The molecule has 3 aromatic rings. The fourth-order valence-corrected chi connectivity index (χ4v) is 2.74. The second-order valence-corrected chi connectivity index (χ2v) is 5.66. The van der Waals surface area contributed by atoms with Crippen molar-refractivity contribution in [2.45, 2.75) is 13.5 Å². The summed E-state index contributed by atoms with van der Waals surface area (Å²) in [5, 5.41) is 11.3. The van der Waals surface area contributed by atoms with Gasteiger partial charge in [-0.3, -0.25) is 4.79 Å². The predicted octanol–water partition coefficient (Wildman–Crippen LogP) is 3.37. The van der Waals surface area contributed by atoms with Crippen LogP contribution in [0.2, 0.25) is 5.02 Å². The van der Waals surface area contributed by atoms with E-state index in [1.165, 1.54) is 14.2 Å². The summed E-state index contributed by atoms with van der Waals surface area (Å²) < 4.78 is 12.2. The summed E-state index contributed by atoms with van der Waals surface area (Å²) in [5.41, 5.74) is 2.46. The molecule has 1 N–H and O–H groups in total. The molecule has 0 saturated heterocycles. The molecule has 8 heteroatoms. The molecule has 7 nitrogen and oxygen atoms in total. The van der Waals surface area contributed by atoms with E-state index >= 15 is 0 Å². The number of carbonyl (C=O) groups excluding carboxylic acids is 1. The summed E-state index contributed by atoms with van der Waals surface area (Å²) in [5.74, 6) is 0.620. The molecule has 2 aromatic carbocycles. The van der Waals surface area contributed by atoms with Gasteiger partial charge in [-0.1, -0.05) is 16.8 Å². The molecule has 0 saturated carbocycles. The van der Waals surface area contributed by atoms with E-state index in [1.54, 1.807) is 28.9 Å². The lowest BCUT2D eigenvalue weighted by atomic mass is 10.1. The predicted molar refractivity (Wildman–Crippen MR) is 95.7 cm³/mol. The zero-order chi connectivity index (χ0) is 18.0. The Kier molecular flexibility index (Phi) is 4.76. The maximum absolute atomic E-state index is 12.6. The number of aromatic nitrogens is 3. The third-order valence-electron chi connectivity index (χ3n) is 3.80. The van der Waals surface area contributed by atoms with Crippen LogP contribution >= 0.6 is 11.6 Å². The van der Waals surface area contributed by atoms with Gasteiger partial charge in [0.05, 0.1) is 30.4 Å². The lowest BCUT2D eigenvalue weighted by Gasteiger charge is -2.13. The summed E-state index contributed by atoms with van der Waals surface area (Å²) >= 11 is 6.13. The molecule has 25 heavy (non-hydrogen) atoms. The van der Waals surface area contributed by atoms with Crippen LogP contribution < -0.4 is 14.8 Å². The van der Waals surface area contributed by atoms with Gasteiger partial charge in [-0.05, 0) is 31.2 Å². The van der Waals surface area contributed by atoms with Crippen LogP contribution in [0.4, 0.5) is 5.69 Å². The van der Waals surface area contributed by atoms with Gasteiger partial charge >= 0.3 is 0 Å². The number of methoxy groups -OCH3 is 2. The van der Waals surface area contributed by atoms with Crippen molar-refractivity contribution in [1.29, 1.82) is 0 Å². The highest BCUT2D eigenvalue weighted by Crippen LogP contribution is 2.36. The number of amides is 1. The molecule has 1 amide bonds. The van der Waals surface area contributed by atoms with Gasteiger partial charge in [0, 0.05) is 18.2 Å². The number of aryl methyl sites for hydroxylation is 1. The van der Waals surface area contributed by atoms with Crippen LogP contribution in [-0.4, -0.2) is 35.1 Å². The van der Waals surface area contributed by atoms with Gasteiger partial charge in [0.25, 0.3) is 5.91 Å². The van der Waals surface area contributed by atoms with Gasteiger partial charge in [0.1, 0.15) is 17.0 Å². The van der Waals surface area contributed by atoms with Gasteiger partial charge < -0.3 is 14.8 Å². The van der Waals surface area contributed by atoms with Crippen molar-refractivity contribution in [2.75, 3.05) is 19.5 Å². The Balaban J connectivity index is 1.90. The van der Waals surface area contributed by atoms with E-state index in [2.05, 4.69) is 15.6 Å². The number of ether oxygens (including phenoxy) is 2. The normalized spacial score (nSPS) is 10.7. The van der Waals surface area contributed by atoms with E-state index in [0.29, 0.717) is 39.8 Å². The molecule has 1 aromatic heterocycles. The molecule has 3 rings (SSSR count). The quantitative estimate of drug-likeness (QED) is 0.754. The van der Waals surface area contributed by atoms with Crippen molar-refractivity contribution in [1.82, 2.24) is 15.0 Å². The van der Waals surface area contributed by atoms with Crippen LogP contribution in [0.1, 0.15) is 17.3 Å². The first-order valence-electron chi connectivity index (χ1n) is 7.63. The average molecular weight is 361 g/mol. The first-order chi connectivity index (χ1) is 12.1. The number of halogens is 1. The van der Waals surface area contributed by atoms with Gasteiger partial charge in [-0.25, -0.2) is 4.68 Å². The highest BCUT2D eigenvalue weighted by molar-refractivity contribution is 6.32. The molecule has 130 valence electrons. The van der Waals surface area contributed by atoms with Gasteiger partial charge in [-0.15, -0.1) is 5.10 Å². The van der Waals surface area contributed by atoms with Crippen molar-refractivity contribution in [3.8, 4) is 11.5 Å². The third-order valence-corrected chi connectivity index (χ3v) is 4.09. The first kappa shape index (κ1) is 17.0. The summed E-state index contributed by atoms with van der Waals surface area (Å²) in [6.45, 7) is 2.69. The van der Waals surface area contributed by atoms with E-state index in [0.717, 1.165) is 5.52 Å². The molecule has 0 radical (unpaired) electrons. The maximum atomic E-state index is 12.6. The fraction of sp³-hybridized carbons (Fsp3) is 0.235. The van der Waals surface area contributed by atoms with Crippen LogP contribution in [0.3, 0.4) is 0 Å². The lowest BCUT2D eigenvalue weighted by Crippen LogP contribution is -2.12. The Bertz CT molecular complexity index is 939. The number of nitrogens with zero attached hydrogens (tertiary/aromatic N) is 3. The first-order valence-corrected chi connectivity index (χ1v) is 8.01. The van der Waals surface area contributed by atoms with Crippen LogP contribution in [0, 0.1) is 0 Å². The molecule has 0 fully saturated rings. The monoisotopic (exact) mass is 360 g/mol. The topological polar surface area (TPSA) is 78.3 Å². The lowest BCUT2D eigenvalue weighted by molar-refractivity contribution is 0.102. The molecular weight excluding hydrogens is 344 g/mol. The van der Waals surface area contributed by atoms with E-state index in [1.807, 2.05) is 13.0 Å². The van der Waals surface area contributed by atoms with Crippen LogP contribution in [0.25, 0.3) is 11.0 Å². The molecular formula is C17H17ClN4O3. The average Bonchev–Trinajstić information content (AvgIpc) is 3.04. The molecule has 0 bridgehead atoms. The number of carbonyl (C=O) groups is 1. The largest absolute Gasteiger partial charge is 0.495 e. The molecule has 0 spiro atoms. The second-order valence-electron chi connectivity index (χ2n) is 5.25. The Morgan fingerprint density at radius 1 is 1.20 bits per heavy atom. The second kappa shape index (κ2) is 6.98. The van der Waals surface area contributed by atoms with E-state index < -0.39 is 0 Å². The number of hydrogen-bond donors (Lipinski definition) is 1. The maximum Gasteiger partial charge on any atom is 0.255 e. The van der Waals surface area contributed by atoms with E-state index in [4.69, 9.17) is 21.1 Å². The summed E-state index contributed by atoms with van der Waals surface area (Å²) in [6, 6.07) is 8.45. The van der Waals surface area contributed by atoms with Crippen LogP contribution in [-0.2, 0) is 6.54 Å². The minimum absolute atomic E-state index is 0.299. The molecule has 0 aliphatic heterocycles. The zero-order valence-electron chi connectivity index (χ0n) is 14.0. The fourth-order valence-electron chi connectivity index (χ4n) is 2.50. The molecule has 0 aliphatic carbocycles. The van der Waals surface area contributed by atoms with Crippen LogP contribution in [0.15, 0.2) is 30.3 Å². The van der Waals surface area contributed by atoms with Crippen molar-refractivity contribution in [2.24, 2.45) is 0 Å². The van der Waals surface area contributed by atoms with Gasteiger partial charge in [0.15, 0.2) is 0 Å². The number of hydrogen-bond acceptors (Lipinski definition) is 5. The third kappa shape index (κ3) is 3.23. The summed E-state index contributed by atoms with van der Waals surface area (Å²) in [6.07, 6.45) is 0.